The van der Waals surface area contributed by atoms with Crippen LogP contribution in [0.1, 0.15) is 19.3 Å². The molecular formula is C10H14BrNO3S. The van der Waals surface area contributed by atoms with Gasteiger partial charge in [-0.15, -0.1) is 0 Å². The predicted molar refractivity (Wildman–Crippen MR) is 64.9 cm³/mol. The number of halogens is 1. The number of nitrogens with zero attached hydrogens (tertiary/aromatic N) is 1. The molecule has 0 atom stereocenters. The van der Waals surface area contributed by atoms with Crippen LogP contribution < -0.4 is 0 Å². The van der Waals surface area contributed by atoms with Crippen LogP contribution in [0.4, 0.5) is 0 Å². The molecule has 1 rings (SSSR count). The fourth-order valence-corrected chi connectivity index (χ4v) is 2.75. The lowest BCUT2D eigenvalue weighted by Crippen LogP contribution is -2.08. The Bertz CT molecular complexity index is 416. The molecule has 0 aromatic carbocycles. The van der Waals surface area contributed by atoms with Gasteiger partial charge in [0.15, 0.2) is 14.9 Å². The SMILES string of the molecule is O=S(=O)(CCCCCO)c1ccc(Br)cn1. The summed E-state index contributed by atoms with van der Waals surface area (Å²) in [6.07, 6.45) is 3.39. The highest BCUT2D eigenvalue weighted by atomic mass is 79.9. The molecule has 0 aliphatic carbocycles. The van der Waals surface area contributed by atoms with E-state index in [1.807, 2.05) is 0 Å². The molecule has 0 aliphatic heterocycles. The van der Waals surface area contributed by atoms with Gasteiger partial charge in [0, 0.05) is 17.3 Å². The first-order valence-corrected chi connectivity index (χ1v) is 7.46. The minimum atomic E-state index is -3.27. The third kappa shape index (κ3) is 4.19. The summed E-state index contributed by atoms with van der Waals surface area (Å²) in [5, 5.41) is 8.69. The maximum absolute atomic E-state index is 11.8. The van der Waals surface area contributed by atoms with Gasteiger partial charge in [0.25, 0.3) is 0 Å². The van der Waals surface area contributed by atoms with Crippen molar-refractivity contribution in [1.82, 2.24) is 4.98 Å². The zero-order chi connectivity index (χ0) is 12.0. The molecular weight excluding hydrogens is 294 g/mol. The van der Waals surface area contributed by atoms with Gasteiger partial charge in [-0.05, 0) is 40.9 Å². The van der Waals surface area contributed by atoms with Crippen molar-refractivity contribution in [1.29, 1.82) is 0 Å². The molecule has 1 N–H and O–H groups in total. The van der Waals surface area contributed by atoms with Crippen LogP contribution in [0.25, 0.3) is 0 Å². The van der Waals surface area contributed by atoms with Gasteiger partial charge >= 0.3 is 0 Å². The second-order valence-corrected chi connectivity index (χ2v) is 6.39. The molecule has 0 saturated heterocycles. The van der Waals surface area contributed by atoms with Crippen molar-refractivity contribution in [3.8, 4) is 0 Å². The number of hydrogen-bond donors (Lipinski definition) is 1. The van der Waals surface area contributed by atoms with E-state index in [1.54, 1.807) is 6.07 Å². The Labute approximate surface area is 104 Å². The highest BCUT2D eigenvalue weighted by molar-refractivity contribution is 9.10. The normalized spacial score (nSPS) is 11.6. The molecule has 1 heterocycles. The van der Waals surface area contributed by atoms with E-state index >= 15 is 0 Å². The minimum Gasteiger partial charge on any atom is -0.396 e. The average molecular weight is 308 g/mol. The maximum Gasteiger partial charge on any atom is 0.195 e. The minimum absolute atomic E-state index is 0.0850. The Kier molecular flexibility index (Phi) is 5.37. The Morgan fingerprint density at radius 2 is 2.00 bits per heavy atom. The van der Waals surface area contributed by atoms with Crippen molar-refractivity contribution >= 4 is 25.8 Å². The van der Waals surface area contributed by atoms with E-state index in [-0.39, 0.29) is 17.4 Å². The van der Waals surface area contributed by atoms with Crippen molar-refractivity contribution in [2.75, 3.05) is 12.4 Å². The summed E-state index contributed by atoms with van der Waals surface area (Å²) in [4.78, 5) is 3.86. The van der Waals surface area contributed by atoms with Gasteiger partial charge in [0.1, 0.15) is 0 Å². The first-order chi connectivity index (χ1) is 7.56. The zero-order valence-corrected chi connectivity index (χ0v) is 11.2. The second-order valence-electron chi connectivity index (χ2n) is 3.42. The lowest BCUT2D eigenvalue weighted by molar-refractivity contribution is 0.284. The van der Waals surface area contributed by atoms with Crippen LogP contribution in [0, 0.1) is 0 Å². The number of rotatable bonds is 6. The molecule has 0 radical (unpaired) electrons. The fraction of sp³-hybridized carbons (Fsp3) is 0.500. The molecule has 0 saturated carbocycles. The van der Waals surface area contributed by atoms with Crippen LogP contribution in [0.15, 0.2) is 27.8 Å². The standard InChI is InChI=1S/C10H14BrNO3S/c11-9-4-5-10(12-8-9)16(14,15)7-3-1-2-6-13/h4-5,8,13H,1-3,6-7H2. The van der Waals surface area contributed by atoms with E-state index in [0.717, 1.165) is 4.47 Å². The van der Waals surface area contributed by atoms with Crippen molar-refractivity contribution in [3.05, 3.63) is 22.8 Å². The Morgan fingerprint density at radius 3 is 2.56 bits per heavy atom. The number of hydrogen-bond acceptors (Lipinski definition) is 4. The summed E-state index contributed by atoms with van der Waals surface area (Å²) >= 11 is 3.20. The summed E-state index contributed by atoms with van der Waals surface area (Å²) in [6.45, 7) is 0.108. The van der Waals surface area contributed by atoms with Crippen molar-refractivity contribution in [2.45, 2.75) is 24.3 Å². The summed E-state index contributed by atoms with van der Waals surface area (Å²) in [7, 11) is -3.27. The molecule has 0 spiro atoms. The second kappa shape index (κ2) is 6.32. The number of aliphatic hydroxyl groups excluding tert-OH is 1. The number of unbranched alkanes of at least 4 members (excludes halogenated alkanes) is 2. The Morgan fingerprint density at radius 1 is 1.25 bits per heavy atom. The Hall–Kier alpha value is -0.460. The summed E-state index contributed by atoms with van der Waals surface area (Å²) in [5.41, 5.74) is 0. The van der Waals surface area contributed by atoms with Crippen LogP contribution >= 0.6 is 15.9 Å². The number of aliphatic hydroxyl groups is 1. The molecule has 4 nitrogen and oxygen atoms in total. The molecule has 0 aliphatic rings. The summed E-state index contributed by atoms with van der Waals surface area (Å²) < 4.78 is 24.3. The van der Waals surface area contributed by atoms with Gasteiger partial charge in [-0.1, -0.05) is 6.42 Å². The molecule has 0 bridgehead atoms. The van der Waals surface area contributed by atoms with E-state index < -0.39 is 9.84 Å². The van der Waals surface area contributed by atoms with Crippen LogP contribution in [-0.4, -0.2) is 30.9 Å². The van der Waals surface area contributed by atoms with Crippen molar-refractivity contribution in [3.63, 3.8) is 0 Å². The van der Waals surface area contributed by atoms with Crippen LogP contribution in [0.2, 0.25) is 0 Å². The summed E-state index contributed by atoms with van der Waals surface area (Å²) in [5.74, 6) is 0.0850. The van der Waals surface area contributed by atoms with Crippen LogP contribution in [-0.2, 0) is 9.84 Å². The fourth-order valence-electron chi connectivity index (χ4n) is 1.23. The molecule has 0 fully saturated rings. The third-order valence-corrected chi connectivity index (χ3v) is 4.26. The molecule has 6 heteroatoms. The maximum atomic E-state index is 11.8. The zero-order valence-electron chi connectivity index (χ0n) is 8.76. The monoisotopic (exact) mass is 307 g/mol. The molecule has 16 heavy (non-hydrogen) atoms. The molecule has 90 valence electrons. The van der Waals surface area contributed by atoms with Gasteiger partial charge in [-0.3, -0.25) is 0 Å². The predicted octanol–water partition coefficient (Wildman–Crippen LogP) is 1.78. The largest absolute Gasteiger partial charge is 0.396 e. The van der Waals surface area contributed by atoms with Gasteiger partial charge in [0.2, 0.25) is 0 Å². The lowest BCUT2D eigenvalue weighted by Gasteiger charge is -2.03. The van der Waals surface area contributed by atoms with Crippen LogP contribution in [0.3, 0.4) is 0 Å². The highest BCUT2D eigenvalue weighted by Crippen LogP contribution is 2.14. The highest BCUT2D eigenvalue weighted by Gasteiger charge is 2.14. The van der Waals surface area contributed by atoms with E-state index in [2.05, 4.69) is 20.9 Å². The van der Waals surface area contributed by atoms with Gasteiger partial charge in [0.05, 0.1) is 5.75 Å². The smallest absolute Gasteiger partial charge is 0.195 e. The lowest BCUT2D eigenvalue weighted by atomic mass is 10.3. The summed E-state index contributed by atoms with van der Waals surface area (Å²) in [6, 6.07) is 3.15. The number of pyridine rings is 1. The van der Waals surface area contributed by atoms with Gasteiger partial charge < -0.3 is 5.11 Å². The van der Waals surface area contributed by atoms with E-state index in [4.69, 9.17) is 5.11 Å². The van der Waals surface area contributed by atoms with Gasteiger partial charge in [-0.25, -0.2) is 13.4 Å². The molecule has 1 aromatic heterocycles. The first-order valence-electron chi connectivity index (χ1n) is 5.01. The third-order valence-electron chi connectivity index (χ3n) is 2.09. The number of sulfone groups is 1. The van der Waals surface area contributed by atoms with Crippen molar-refractivity contribution in [2.24, 2.45) is 0 Å². The first kappa shape index (κ1) is 13.6. The van der Waals surface area contributed by atoms with Crippen molar-refractivity contribution < 1.29 is 13.5 Å². The van der Waals surface area contributed by atoms with Gasteiger partial charge in [-0.2, -0.15) is 0 Å². The van der Waals surface area contributed by atoms with E-state index in [1.165, 1.54) is 12.3 Å². The topological polar surface area (TPSA) is 67.3 Å². The Balaban J connectivity index is 2.60. The quantitative estimate of drug-likeness (QED) is 0.814. The van der Waals surface area contributed by atoms with E-state index in [9.17, 15) is 8.42 Å². The van der Waals surface area contributed by atoms with E-state index in [0.29, 0.717) is 19.3 Å². The van der Waals surface area contributed by atoms with Crippen LogP contribution in [0.5, 0.6) is 0 Å². The molecule has 0 amide bonds. The molecule has 1 aromatic rings. The number of aromatic nitrogens is 1. The molecule has 0 unspecified atom stereocenters. The average Bonchev–Trinajstić information content (AvgIpc) is 2.25.